The first kappa shape index (κ1) is 19.9. The lowest BCUT2D eigenvalue weighted by atomic mass is 9.97. The van der Waals surface area contributed by atoms with Gasteiger partial charge in [-0.2, -0.15) is 0 Å². The topological polar surface area (TPSA) is 63.6 Å². The predicted octanol–water partition coefficient (Wildman–Crippen LogP) is 4.70. The molecule has 0 aromatic rings. The molecule has 0 saturated heterocycles. The van der Waals surface area contributed by atoms with Gasteiger partial charge >= 0.3 is 11.9 Å². The second kappa shape index (κ2) is 11.6. The predicted molar refractivity (Wildman–Crippen MR) is 84.3 cm³/mol. The zero-order valence-corrected chi connectivity index (χ0v) is 14.0. The number of carboxylic acid groups (broad SMARTS) is 1. The normalized spacial score (nSPS) is 13.7. The van der Waals surface area contributed by atoms with Crippen molar-refractivity contribution in [2.45, 2.75) is 97.0 Å². The zero-order chi connectivity index (χ0) is 16.1. The highest BCUT2D eigenvalue weighted by Gasteiger charge is 2.35. The number of carbonyl (C=O) groups is 2. The SMILES string of the molecule is CCCCCCCCCCCCC(C)(OC(C)=O)C(=O)O. The Morgan fingerprint density at radius 1 is 0.905 bits per heavy atom. The van der Waals surface area contributed by atoms with Crippen molar-refractivity contribution in [2.75, 3.05) is 0 Å². The number of aliphatic carboxylic acids is 1. The Balaban J connectivity index is 3.64. The molecule has 0 aromatic heterocycles. The van der Waals surface area contributed by atoms with Crippen LogP contribution in [-0.2, 0) is 14.3 Å². The van der Waals surface area contributed by atoms with E-state index >= 15 is 0 Å². The van der Waals surface area contributed by atoms with E-state index in [1.807, 2.05) is 0 Å². The summed E-state index contributed by atoms with van der Waals surface area (Å²) in [7, 11) is 0. The Bertz CT molecular complexity index is 301. The number of carbonyl (C=O) groups excluding carboxylic acids is 1. The number of esters is 1. The zero-order valence-electron chi connectivity index (χ0n) is 14.0. The number of ether oxygens (including phenoxy) is 1. The van der Waals surface area contributed by atoms with Crippen molar-refractivity contribution in [1.82, 2.24) is 0 Å². The molecule has 1 N–H and O–H groups in total. The quantitative estimate of drug-likeness (QED) is 0.395. The summed E-state index contributed by atoms with van der Waals surface area (Å²) in [5.41, 5.74) is -1.37. The molecular weight excluding hydrogens is 268 g/mol. The van der Waals surface area contributed by atoms with Crippen LogP contribution in [0.4, 0.5) is 0 Å². The molecule has 0 aliphatic rings. The second-order valence-corrected chi connectivity index (χ2v) is 6.06. The van der Waals surface area contributed by atoms with Crippen molar-refractivity contribution in [2.24, 2.45) is 0 Å². The number of hydrogen-bond donors (Lipinski definition) is 1. The van der Waals surface area contributed by atoms with Crippen LogP contribution >= 0.6 is 0 Å². The second-order valence-electron chi connectivity index (χ2n) is 6.06. The molecule has 0 heterocycles. The summed E-state index contributed by atoms with van der Waals surface area (Å²) in [6.45, 7) is 4.95. The number of carboxylic acids is 1. The molecule has 124 valence electrons. The van der Waals surface area contributed by atoms with Gasteiger partial charge in [0.1, 0.15) is 0 Å². The van der Waals surface area contributed by atoms with Crippen LogP contribution in [0, 0.1) is 0 Å². The number of hydrogen-bond acceptors (Lipinski definition) is 3. The van der Waals surface area contributed by atoms with Crippen molar-refractivity contribution in [3.05, 3.63) is 0 Å². The van der Waals surface area contributed by atoms with Crippen LogP contribution in [-0.4, -0.2) is 22.6 Å². The van der Waals surface area contributed by atoms with Crippen molar-refractivity contribution in [3.63, 3.8) is 0 Å². The molecule has 1 unspecified atom stereocenters. The Kier molecular flexibility index (Phi) is 11.0. The van der Waals surface area contributed by atoms with E-state index in [1.54, 1.807) is 0 Å². The molecule has 0 fully saturated rings. The fourth-order valence-corrected chi connectivity index (χ4v) is 2.47. The van der Waals surface area contributed by atoms with Gasteiger partial charge in [0, 0.05) is 6.92 Å². The minimum atomic E-state index is -1.37. The average molecular weight is 300 g/mol. The first-order valence-electron chi connectivity index (χ1n) is 8.35. The van der Waals surface area contributed by atoms with E-state index in [4.69, 9.17) is 9.84 Å². The maximum atomic E-state index is 11.2. The smallest absolute Gasteiger partial charge is 0.347 e. The molecule has 21 heavy (non-hydrogen) atoms. The van der Waals surface area contributed by atoms with Gasteiger partial charge in [0.15, 0.2) is 0 Å². The van der Waals surface area contributed by atoms with Crippen LogP contribution in [0.25, 0.3) is 0 Å². The molecule has 0 radical (unpaired) electrons. The van der Waals surface area contributed by atoms with Crippen LogP contribution in [0.3, 0.4) is 0 Å². The molecule has 0 aliphatic heterocycles. The minimum Gasteiger partial charge on any atom is -0.478 e. The van der Waals surface area contributed by atoms with E-state index in [9.17, 15) is 9.59 Å². The first-order valence-corrected chi connectivity index (χ1v) is 8.35. The van der Waals surface area contributed by atoms with Gasteiger partial charge in [-0.1, -0.05) is 64.7 Å². The minimum absolute atomic E-state index is 0.387. The molecule has 0 aliphatic carbocycles. The van der Waals surface area contributed by atoms with Crippen molar-refractivity contribution >= 4 is 11.9 Å². The van der Waals surface area contributed by atoms with E-state index in [2.05, 4.69) is 6.92 Å². The Hall–Kier alpha value is -1.06. The van der Waals surface area contributed by atoms with Gasteiger partial charge in [-0.3, -0.25) is 4.79 Å². The van der Waals surface area contributed by atoms with E-state index in [-0.39, 0.29) is 0 Å². The maximum absolute atomic E-state index is 11.2. The molecule has 0 bridgehead atoms. The van der Waals surface area contributed by atoms with E-state index in [0.29, 0.717) is 6.42 Å². The molecule has 0 aromatic carbocycles. The van der Waals surface area contributed by atoms with Gasteiger partial charge in [0.05, 0.1) is 0 Å². The number of rotatable bonds is 13. The van der Waals surface area contributed by atoms with Crippen LogP contribution < -0.4 is 0 Å². The highest BCUT2D eigenvalue weighted by molar-refractivity contribution is 5.80. The fraction of sp³-hybridized carbons (Fsp3) is 0.882. The highest BCUT2D eigenvalue weighted by Crippen LogP contribution is 2.21. The standard InChI is InChI=1S/C17H32O4/c1-4-5-6-7-8-9-10-11-12-13-14-17(3,16(19)20)21-15(2)18/h4-14H2,1-3H3,(H,19,20). The number of unbranched alkanes of at least 4 members (excludes halogenated alkanes) is 9. The van der Waals surface area contributed by atoms with Gasteiger partial charge in [0.2, 0.25) is 5.60 Å². The molecule has 0 saturated carbocycles. The fourth-order valence-electron chi connectivity index (χ4n) is 2.47. The van der Waals surface area contributed by atoms with Gasteiger partial charge in [-0.15, -0.1) is 0 Å². The summed E-state index contributed by atoms with van der Waals surface area (Å²) in [5.74, 6) is -1.60. The van der Waals surface area contributed by atoms with E-state index < -0.39 is 17.5 Å². The monoisotopic (exact) mass is 300 g/mol. The van der Waals surface area contributed by atoms with Crippen LogP contribution in [0.15, 0.2) is 0 Å². The van der Waals surface area contributed by atoms with Crippen molar-refractivity contribution in [1.29, 1.82) is 0 Å². The average Bonchev–Trinajstić information content (AvgIpc) is 2.40. The van der Waals surface area contributed by atoms with Crippen molar-refractivity contribution in [3.8, 4) is 0 Å². The molecule has 0 spiro atoms. The third kappa shape index (κ3) is 10.3. The summed E-state index contributed by atoms with van der Waals surface area (Å²) >= 11 is 0. The van der Waals surface area contributed by atoms with Gasteiger partial charge in [0.25, 0.3) is 0 Å². The molecule has 1 atom stereocenters. The lowest BCUT2D eigenvalue weighted by molar-refractivity contribution is -0.176. The van der Waals surface area contributed by atoms with Gasteiger partial charge in [-0.25, -0.2) is 4.79 Å². The third-order valence-corrected chi connectivity index (χ3v) is 3.83. The Morgan fingerprint density at radius 3 is 1.71 bits per heavy atom. The first-order chi connectivity index (χ1) is 9.92. The lowest BCUT2D eigenvalue weighted by Crippen LogP contribution is -2.39. The van der Waals surface area contributed by atoms with E-state index in [1.165, 1.54) is 58.8 Å². The molecule has 0 amide bonds. The summed E-state index contributed by atoms with van der Waals surface area (Å²) in [6.07, 6.45) is 12.4. The maximum Gasteiger partial charge on any atom is 0.347 e. The third-order valence-electron chi connectivity index (χ3n) is 3.83. The summed E-state index contributed by atoms with van der Waals surface area (Å²) in [5, 5.41) is 9.15. The molecule has 0 rings (SSSR count). The van der Waals surface area contributed by atoms with Crippen LogP contribution in [0.5, 0.6) is 0 Å². The van der Waals surface area contributed by atoms with E-state index in [0.717, 1.165) is 19.3 Å². The molecular formula is C17H32O4. The molecule has 4 heteroatoms. The Morgan fingerprint density at radius 2 is 1.33 bits per heavy atom. The Labute approximate surface area is 129 Å². The van der Waals surface area contributed by atoms with Crippen LogP contribution in [0.2, 0.25) is 0 Å². The molecule has 4 nitrogen and oxygen atoms in total. The van der Waals surface area contributed by atoms with Crippen LogP contribution in [0.1, 0.15) is 91.4 Å². The summed E-state index contributed by atoms with van der Waals surface area (Å²) in [4.78, 5) is 22.1. The highest BCUT2D eigenvalue weighted by atomic mass is 16.6. The summed E-state index contributed by atoms with van der Waals surface area (Å²) in [6, 6.07) is 0. The van der Waals surface area contributed by atoms with Gasteiger partial charge < -0.3 is 9.84 Å². The largest absolute Gasteiger partial charge is 0.478 e. The van der Waals surface area contributed by atoms with Crippen molar-refractivity contribution < 1.29 is 19.4 Å². The lowest BCUT2D eigenvalue weighted by Gasteiger charge is -2.24. The van der Waals surface area contributed by atoms with Gasteiger partial charge in [-0.05, 0) is 19.8 Å². The summed E-state index contributed by atoms with van der Waals surface area (Å²) < 4.78 is 4.94.